The Morgan fingerprint density at radius 2 is 1.93 bits per heavy atom. The summed E-state index contributed by atoms with van der Waals surface area (Å²) < 4.78 is 12.3. The van der Waals surface area contributed by atoms with Crippen LogP contribution in [0.5, 0.6) is 0 Å². The topological polar surface area (TPSA) is 135 Å². The molecule has 2 N–H and O–H groups in total. The van der Waals surface area contributed by atoms with Gasteiger partial charge in [0.2, 0.25) is 11.8 Å². The Morgan fingerprint density at radius 3 is 2.50 bits per heavy atom. The molecule has 10 nitrogen and oxygen atoms in total. The molecule has 6 rings (SSSR count). The SMILES string of the molecule is CC(C)n1nc(-c2ccc(CC(=O)Nc3cc(C45CC(C)(C4)C5)no3)cc2Cl)c(C#N)c1NC(=O)OC(C)(C)C. The quantitative estimate of drug-likeness (QED) is 0.329. The highest BCUT2D eigenvalue weighted by atomic mass is 35.5. The summed E-state index contributed by atoms with van der Waals surface area (Å²) in [6.07, 6.45) is 2.73. The second kappa shape index (κ2) is 9.66. The van der Waals surface area contributed by atoms with Gasteiger partial charge in [0.05, 0.1) is 17.1 Å². The molecule has 3 aliphatic rings. The van der Waals surface area contributed by atoms with Crippen LogP contribution in [-0.2, 0) is 21.4 Å². The average molecular weight is 565 g/mol. The Kier molecular flexibility index (Phi) is 6.70. The maximum atomic E-state index is 12.7. The Balaban J connectivity index is 1.31. The molecular weight excluding hydrogens is 532 g/mol. The van der Waals surface area contributed by atoms with Crippen molar-refractivity contribution in [3.05, 3.63) is 46.1 Å². The van der Waals surface area contributed by atoms with Crippen LogP contribution < -0.4 is 10.6 Å². The molecule has 2 heterocycles. The minimum Gasteiger partial charge on any atom is -0.444 e. The van der Waals surface area contributed by atoms with E-state index in [4.69, 9.17) is 20.9 Å². The van der Waals surface area contributed by atoms with Crippen molar-refractivity contribution < 1.29 is 18.8 Å². The van der Waals surface area contributed by atoms with Crippen LogP contribution in [0.2, 0.25) is 5.02 Å². The predicted octanol–water partition coefficient (Wildman–Crippen LogP) is 6.61. The molecule has 210 valence electrons. The molecule has 0 radical (unpaired) electrons. The summed E-state index contributed by atoms with van der Waals surface area (Å²) in [4.78, 5) is 25.2. The number of hydrogen-bond acceptors (Lipinski definition) is 7. The number of amides is 2. The van der Waals surface area contributed by atoms with Gasteiger partial charge in [-0.2, -0.15) is 10.4 Å². The number of rotatable bonds is 7. The molecule has 3 aliphatic carbocycles. The second-order valence-corrected chi connectivity index (χ2v) is 13.0. The third-order valence-corrected chi connectivity index (χ3v) is 7.71. The molecule has 2 amide bonds. The minimum absolute atomic E-state index is 0.0657. The lowest BCUT2D eigenvalue weighted by Crippen LogP contribution is -2.62. The Hall–Kier alpha value is -3.84. The van der Waals surface area contributed by atoms with E-state index in [0.29, 0.717) is 33.1 Å². The van der Waals surface area contributed by atoms with Gasteiger partial charge in [0.1, 0.15) is 22.9 Å². The summed E-state index contributed by atoms with van der Waals surface area (Å²) in [5.41, 5.74) is 2.42. The number of aromatic nitrogens is 3. The second-order valence-electron chi connectivity index (χ2n) is 12.6. The largest absolute Gasteiger partial charge is 0.444 e. The van der Waals surface area contributed by atoms with Gasteiger partial charge in [0.25, 0.3) is 0 Å². The maximum absolute atomic E-state index is 12.7. The van der Waals surface area contributed by atoms with Crippen LogP contribution in [0.3, 0.4) is 0 Å². The first kappa shape index (κ1) is 27.7. The highest BCUT2D eigenvalue weighted by molar-refractivity contribution is 6.33. The van der Waals surface area contributed by atoms with E-state index >= 15 is 0 Å². The van der Waals surface area contributed by atoms with E-state index < -0.39 is 11.7 Å². The highest BCUT2D eigenvalue weighted by Crippen LogP contribution is 2.73. The van der Waals surface area contributed by atoms with E-state index in [-0.39, 0.29) is 35.2 Å². The van der Waals surface area contributed by atoms with E-state index in [1.807, 2.05) is 19.9 Å². The first-order valence-corrected chi connectivity index (χ1v) is 13.7. The molecule has 1 aromatic carbocycles. The summed E-state index contributed by atoms with van der Waals surface area (Å²) >= 11 is 6.63. The molecule has 3 fully saturated rings. The summed E-state index contributed by atoms with van der Waals surface area (Å²) in [7, 11) is 0. The van der Waals surface area contributed by atoms with Crippen molar-refractivity contribution >= 4 is 35.3 Å². The number of ether oxygens (including phenoxy) is 1. The number of nitrogens with zero attached hydrogens (tertiary/aromatic N) is 4. The van der Waals surface area contributed by atoms with Crippen LogP contribution >= 0.6 is 11.6 Å². The van der Waals surface area contributed by atoms with Crippen molar-refractivity contribution in [2.24, 2.45) is 5.41 Å². The first-order chi connectivity index (χ1) is 18.7. The van der Waals surface area contributed by atoms with Gasteiger partial charge < -0.3 is 9.26 Å². The van der Waals surface area contributed by atoms with Crippen LogP contribution in [0.25, 0.3) is 11.3 Å². The zero-order valence-corrected chi connectivity index (χ0v) is 24.3. The van der Waals surface area contributed by atoms with Gasteiger partial charge in [-0.05, 0) is 70.9 Å². The van der Waals surface area contributed by atoms with Gasteiger partial charge in [-0.25, -0.2) is 9.48 Å². The fraction of sp³-hybridized carbons (Fsp3) is 0.483. The normalized spacial score (nSPS) is 21.3. The van der Waals surface area contributed by atoms with E-state index in [0.717, 1.165) is 25.0 Å². The van der Waals surface area contributed by atoms with E-state index in [2.05, 4.69) is 33.9 Å². The van der Waals surface area contributed by atoms with Crippen molar-refractivity contribution in [3.8, 4) is 17.3 Å². The van der Waals surface area contributed by atoms with Gasteiger partial charge in [-0.3, -0.25) is 15.4 Å². The highest BCUT2D eigenvalue weighted by Gasteiger charge is 2.66. The number of halogens is 1. The fourth-order valence-corrected chi connectivity index (χ4v) is 6.29. The molecule has 0 unspecified atom stereocenters. The van der Waals surface area contributed by atoms with E-state index in [1.54, 1.807) is 43.7 Å². The molecule has 40 heavy (non-hydrogen) atoms. The number of hydrogen-bond donors (Lipinski definition) is 2. The van der Waals surface area contributed by atoms with E-state index in [9.17, 15) is 14.9 Å². The standard InChI is InChI=1S/C29H33ClN6O4/c1-16(2)36-25(33-26(38)39-27(3,4)5)19(12-31)24(34-36)18-8-7-17(9-20(18)30)10-22(37)32-23-11-21(35-40-23)29-13-28(6,14-29)15-29/h7-9,11,16H,10,13-15H2,1-6H3,(H,32,37)(H,33,38). The number of carbonyl (C=O) groups excluding carboxylic acids is 2. The first-order valence-electron chi connectivity index (χ1n) is 13.3. The molecule has 11 heteroatoms. The Bertz CT molecular complexity index is 1520. The zero-order chi connectivity index (χ0) is 29.0. The van der Waals surface area contributed by atoms with Crippen molar-refractivity contribution in [1.82, 2.24) is 14.9 Å². The maximum Gasteiger partial charge on any atom is 0.413 e. The third kappa shape index (κ3) is 5.18. The Morgan fingerprint density at radius 1 is 1.23 bits per heavy atom. The van der Waals surface area contributed by atoms with Crippen molar-refractivity contribution in [2.75, 3.05) is 10.6 Å². The van der Waals surface area contributed by atoms with Crippen LogP contribution in [0.1, 0.15) is 83.7 Å². The average Bonchev–Trinajstić information content (AvgIpc) is 3.39. The fourth-order valence-electron chi connectivity index (χ4n) is 6.00. The number of nitrogens with one attached hydrogen (secondary N) is 2. The molecule has 3 saturated carbocycles. The predicted molar refractivity (Wildman–Crippen MR) is 150 cm³/mol. The van der Waals surface area contributed by atoms with Crippen LogP contribution in [0.4, 0.5) is 16.5 Å². The van der Waals surface area contributed by atoms with Crippen molar-refractivity contribution in [3.63, 3.8) is 0 Å². The molecule has 2 aromatic heterocycles. The molecule has 2 bridgehead atoms. The van der Waals surface area contributed by atoms with Crippen LogP contribution in [-0.4, -0.2) is 32.5 Å². The van der Waals surface area contributed by atoms with Crippen LogP contribution in [0.15, 0.2) is 28.8 Å². The summed E-state index contributed by atoms with van der Waals surface area (Å²) in [5.74, 6) is 0.294. The summed E-state index contributed by atoms with van der Waals surface area (Å²) in [6.45, 7) is 11.3. The molecule has 0 atom stereocenters. The number of benzene rings is 1. The number of anilines is 2. The molecule has 0 spiro atoms. The molecule has 0 aliphatic heterocycles. The summed E-state index contributed by atoms with van der Waals surface area (Å²) in [6, 6.07) is 8.94. The summed E-state index contributed by atoms with van der Waals surface area (Å²) in [5, 5.41) is 24.5. The molecule has 3 aromatic rings. The zero-order valence-electron chi connectivity index (χ0n) is 23.5. The molecular formula is C29H33ClN6O4. The number of nitriles is 1. The van der Waals surface area contributed by atoms with Gasteiger partial charge in [-0.1, -0.05) is 35.8 Å². The smallest absolute Gasteiger partial charge is 0.413 e. The lowest BCUT2D eigenvalue weighted by Gasteiger charge is -2.68. The van der Waals surface area contributed by atoms with Crippen LogP contribution in [0, 0.1) is 16.7 Å². The third-order valence-electron chi connectivity index (χ3n) is 7.40. The van der Waals surface area contributed by atoms with Gasteiger partial charge in [-0.15, -0.1) is 0 Å². The lowest BCUT2D eigenvalue weighted by molar-refractivity contribution is -0.129. The lowest BCUT2D eigenvalue weighted by atomic mass is 9.35. The van der Waals surface area contributed by atoms with Gasteiger partial charge in [0, 0.05) is 23.1 Å². The van der Waals surface area contributed by atoms with Gasteiger partial charge in [0.15, 0.2) is 5.82 Å². The van der Waals surface area contributed by atoms with Crippen molar-refractivity contribution in [2.45, 2.75) is 84.3 Å². The van der Waals surface area contributed by atoms with E-state index in [1.165, 1.54) is 0 Å². The number of carbonyl (C=O) groups is 2. The monoisotopic (exact) mass is 564 g/mol. The van der Waals surface area contributed by atoms with Crippen molar-refractivity contribution in [1.29, 1.82) is 5.26 Å². The van der Waals surface area contributed by atoms with Gasteiger partial charge >= 0.3 is 6.09 Å². The Labute approximate surface area is 238 Å². The minimum atomic E-state index is -0.710. The molecule has 0 saturated heterocycles.